The first-order chi connectivity index (χ1) is 8.34. The van der Waals surface area contributed by atoms with E-state index in [1.165, 1.54) is 11.3 Å². The van der Waals surface area contributed by atoms with Gasteiger partial charge in [-0.2, -0.15) is 0 Å². The van der Waals surface area contributed by atoms with Crippen LogP contribution in [0.3, 0.4) is 0 Å². The summed E-state index contributed by atoms with van der Waals surface area (Å²) < 4.78 is 8.22. The van der Waals surface area contributed by atoms with Crippen molar-refractivity contribution in [1.82, 2.24) is 9.47 Å². The molecule has 1 aliphatic rings. The number of rotatable bonds is 2. The second-order valence-corrected chi connectivity index (χ2v) is 5.13. The zero-order valence-electron chi connectivity index (χ0n) is 9.96. The van der Waals surface area contributed by atoms with Crippen molar-refractivity contribution < 1.29 is 10.2 Å². The van der Waals surface area contributed by atoms with Gasteiger partial charge in [0.2, 0.25) is 0 Å². The largest absolute Gasteiger partial charge is 0.412 e. The number of para-hydroxylation sites is 1. The average Bonchev–Trinajstić information content (AvgIpc) is 2.68. The minimum Gasteiger partial charge on any atom is -0.412 e. The lowest BCUT2D eigenvalue weighted by Gasteiger charge is -2.26. The van der Waals surface area contributed by atoms with E-state index in [-0.39, 0.29) is 10.3 Å². The maximum Gasteiger partial charge on any atom is 0.309 e. The van der Waals surface area contributed by atoms with Crippen LogP contribution in [0.4, 0.5) is 0 Å². The molecule has 3 rings (SSSR count). The maximum atomic E-state index is 11.9. The summed E-state index contributed by atoms with van der Waals surface area (Å²) in [5.41, 5.74) is 1.04. The van der Waals surface area contributed by atoms with Crippen LogP contribution in [0.25, 0.3) is 10.2 Å². The molecule has 1 aliphatic heterocycles. The summed E-state index contributed by atoms with van der Waals surface area (Å²) in [6.07, 6.45) is 0. The molecule has 1 saturated heterocycles. The van der Waals surface area contributed by atoms with Crippen LogP contribution in [0.2, 0.25) is 0 Å². The van der Waals surface area contributed by atoms with Crippen molar-refractivity contribution >= 4 is 21.6 Å². The van der Waals surface area contributed by atoms with Crippen LogP contribution < -0.4 is 4.87 Å². The topological polar surface area (TPSA) is 66.0 Å². The van der Waals surface area contributed by atoms with Crippen LogP contribution >= 0.6 is 11.3 Å². The summed E-state index contributed by atoms with van der Waals surface area (Å²) in [6.45, 7) is 3.99. The summed E-state index contributed by atoms with van der Waals surface area (Å²) in [5, 5.41) is 0. The molecule has 0 aliphatic carbocycles. The molecule has 0 saturated carbocycles. The van der Waals surface area contributed by atoms with Gasteiger partial charge in [-0.1, -0.05) is 23.5 Å². The molecule has 0 amide bonds. The minimum absolute atomic E-state index is 0. The average molecular weight is 268 g/mol. The number of nitrogens with zero attached hydrogens (tertiary/aromatic N) is 2. The molecule has 1 aromatic heterocycles. The zero-order valence-corrected chi connectivity index (χ0v) is 10.8. The van der Waals surface area contributed by atoms with Gasteiger partial charge in [0.05, 0.1) is 30.1 Å². The molecule has 2 N–H and O–H groups in total. The number of fused-ring (bicyclic) bond motifs is 1. The third-order valence-electron chi connectivity index (χ3n) is 3.02. The van der Waals surface area contributed by atoms with E-state index >= 15 is 0 Å². The van der Waals surface area contributed by atoms with Crippen LogP contribution in [0, 0.1) is 0 Å². The molecule has 0 spiro atoms. The van der Waals surface area contributed by atoms with Gasteiger partial charge >= 0.3 is 4.87 Å². The monoisotopic (exact) mass is 268 g/mol. The Hall–Kier alpha value is -1.21. The molecule has 6 heteroatoms. The van der Waals surface area contributed by atoms with Gasteiger partial charge in [0, 0.05) is 13.1 Å². The van der Waals surface area contributed by atoms with E-state index in [1.807, 2.05) is 28.8 Å². The smallest absolute Gasteiger partial charge is 0.309 e. The lowest BCUT2D eigenvalue weighted by Crippen LogP contribution is -2.39. The quantitative estimate of drug-likeness (QED) is 0.798. The summed E-state index contributed by atoms with van der Waals surface area (Å²) >= 11 is 1.32. The third kappa shape index (κ3) is 2.46. The number of aromatic nitrogens is 1. The van der Waals surface area contributed by atoms with E-state index in [2.05, 4.69) is 4.90 Å². The molecule has 2 heterocycles. The highest BCUT2D eigenvalue weighted by molar-refractivity contribution is 7.16. The van der Waals surface area contributed by atoms with Gasteiger partial charge in [-0.3, -0.25) is 14.3 Å². The second kappa shape index (κ2) is 5.62. The normalized spacial score (nSPS) is 16.7. The van der Waals surface area contributed by atoms with Crippen molar-refractivity contribution in [2.75, 3.05) is 26.3 Å². The maximum absolute atomic E-state index is 11.9. The SMILES string of the molecule is O.O=c1sc2ccccc2n1CN1CCOCC1. The standard InChI is InChI=1S/C12H14N2O2S.H2O/c15-12-14(9-13-5-7-16-8-6-13)10-3-1-2-4-11(10)17-12;/h1-4H,5-9H2;1H2. The van der Waals surface area contributed by atoms with Gasteiger partial charge in [-0.05, 0) is 12.1 Å². The third-order valence-corrected chi connectivity index (χ3v) is 3.98. The summed E-state index contributed by atoms with van der Waals surface area (Å²) in [7, 11) is 0. The molecule has 1 aromatic carbocycles. The number of thiazole rings is 1. The van der Waals surface area contributed by atoms with Gasteiger partial charge in [-0.15, -0.1) is 0 Å². The molecule has 0 unspecified atom stereocenters. The highest BCUT2D eigenvalue weighted by Crippen LogP contribution is 2.16. The van der Waals surface area contributed by atoms with Gasteiger partial charge in [0.15, 0.2) is 0 Å². The highest BCUT2D eigenvalue weighted by atomic mass is 32.1. The number of hydrogen-bond acceptors (Lipinski definition) is 4. The summed E-state index contributed by atoms with van der Waals surface area (Å²) in [5.74, 6) is 0. The summed E-state index contributed by atoms with van der Waals surface area (Å²) in [4.78, 5) is 14.3. The number of morpholine rings is 1. The van der Waals surface area contributed by atoms with E-state index in [0.29, 0.717) is 6.67 Å². The zero-order chi connectivity index (χ0) is 11.7. The van der Waals surface area contributed by atoms with Gasteiger partial charge < -0.3 is 10.2 Å². The number of ether oxygens (including phenoxy) is 1. The van der Waals surface area contributed by atoms with Crippen LogP contribution in [0.5, 0.6) is 0 Å². The molecule has 98 valence electrons. The van der Waals surface area contributed by atoms with Crippen molar-refractivity contribution in [3.8, 4) is 0 Å². The molecule has 0 bridgehead atoms. The Morgan fingerprint density at radius 2 is 1.94 bits per heavy atom. The van der Waals surface area contributed by atoms with E-state index in [1.54, 1.807) is 0 Å². The van der Waals surface area contributed by atoms with Crippen molar-refractivity contribution in [3.63, 3.8) is 0 Å². The fraction of sp³-hybridized carbons (Fsp3) is 0.417. The van der Waals surface area contributed by atoms with Crippen LogP contribution in [0.15, 0.2) is 29.1 Å². The van der Waals surface area contributed by atoms with Crippen LogP contribution in [-0.4, -0.2) is 41.2 Å². The van der Waals surface area contributed by atoms with Crippen molar-refractivity contribution in [3.05, 3.63) is 33.9 Å². The van der Waals surface area contributed by atoms with E-state index in [4.69, 9.17) is 4.74 Å². The molecular weight excluding hydrogens is 252 g/mol. The highest BCUT2D eigenvalue weighted by Gasteiger charge is 2.13. The first-order valence-electron chi connectivity index (χ1n) is 5.73. The Balaban J connectivity index is 0.00000120. The Bertz CT molecular complexity index is 572. The molecule has 18 heavy (non-hydrogen) atoms. The predicted octanol–water partition coefficient (Wildman–Crippen LogP) is 0.528. The minimum atomic E-state index is 0. The van der Waals surface area contributed by atoms with Gasteiger partial charge in [0.25, 0.3) is 0 Å². The Morgan fingerprint density at radius 3 is 2.72 bits per heavy atom. The number of hydrogen-bond donors (Lipinski definition) is 0. The Morgan fingerprint density at radius 1 is 1.22 bits per heavy atom. The van der Waals surface area contributed by atoms with E-state index in [0.717, 1.165) is 36.5 Å². The number of benzene rings is 1. The Kier molecular flexibility index (Phi) is 4.13. The van der Waals surface area contributed by atoms with Crippen LogP contribution in [0.1, 0.15) is 0 Å². The first-order valence-corrected chi connectivity index (χ1v) is 6.55. The fourth-order valence-corrected chi connectivity index (χ4v) is 2.97. The van der Waals surface area contributed by atoms with E-state index in [9.17, 15) is 4.79 Å². The molecule has 0 radical (unpaired) electrons. The molecule has 5 nitrogen and oxygen atoms in total. The van der Waals surface area contributed by atoms with Crippen molar-refractivity contribution in [2.45, 2.75) is 6.67 Å². The lowest BCUT2D eigenvalue weighted by atomic mass is 10.3. The molecular formula is C12H16N2O3S. The van der Waals surface area contributed by atoms with Crippen LogP contribution in [-0.2, 0) is 11.4 Å². The fourth-order valence-electron chi connectivity index (χ4n) is 2.09. The predicted molar refractivity (Wildman–Crippen MR) is 72.1 cm³/mol. The van der Waals surface area contributed by atoms with Crippen molar-refractivity contribution in [1.29, 1.82) is 0 Å². The van der Waals surface area contributed by atoms with Gasteiger partial charge in [-0.25, -0.2) is 0 Å². The van der Waals surface area contributed by atoms with Gasteiger partial charge in [0.1, 0.15) is 0 Å². The van der Waals surface area contributed by atoms with Crippen molar-refractivity contribution in [2.24, 2.45) is 0 Å². The molecule has 1 fully saturated rings. The first kappa shape index (κ1) is 13.2. The molecule has 2 aromatic rings. The van der Waals surface area contributed by atoms with E-state index < -0.39 is 0 Å². The Labute approximate surface area is 109 Å². The second-order valence-electron chi connectivity index (χ2n) is 4.14. The molecule has 0 atom stereocenters. The lowest BCUT2D eigenvalue weighted by molar-refractivity contribution is 0.0238. The summed E-state index contributed by atoms with van der Waals surface area (Å²) in [6, 6.07) is 7.95.